The number of anilines is 1. The van der Waals surface area contributed by atoms with Crippen molar-refractivity contribution >= 4 is 18.3 Å². The van der Waals surface area contributed by atoms with Gasteiger partial charge in [0.25, 0.3) is 0 Å². The molecule has 0 amide bonds. The van der Waals surface area contributed by atoms with Gasteiger partial charge in [0, 0.05) is 51.3 Å². The smallest absolute Gasteiger partial charge is 0.399 e. The molecule has 3 heterocycles. The number of alkyl halides is 1. The van der Waals surface area contributed by atoms with E-state index in [0.717, 1.165) is 50.5 Å². The number of rotatable bonds is 4. The molecule has 0 aromatic heterocycles. The Bertz CT molecular complexity index is 683. The summed E-state index contributed by atoms with van der Waals surface area (Å²) in [7, 11) is -0.345. The van der Waals surface area contributed by atoms with Gasteiger partial charge in [-0.05, 0) is 45.3 Å². The lowest BCUT2D eigenvalue weighted by Gasteiger charge is -2.41. The highest BCUT2D eigenvalue weighted by atomic mass is 19.1. The van der Waals surface area contributed by atoms with Gasteiger partial charge in [0.1, 0.15) is 5.67 Å². The van der Waals surface area contributed by atoms with E-state index in [1.807, 2.05) is 0 Å². The van der Waals surface area contributed by atoms with Crippen LogP contribution >= 0.6 is 0 Å². The second-order valence-electron chi connectivity index (χ2n) is 9.71. The van der Waals surface area contributed by atoms with Gasteiger partial charge in [0.05, 0.1) is 24.4 Å². The zero-order valence-electron chi connectivity index (χ0n) is 18.2. The molecule has 7 heteroatoms. The van der Waals surface area contributed by atoms with Gasteiger partial charge in [-0.1, -0.05) is 12.1 Å². The molecule has 0 unspecified atom stereocenters. The van der Waals surface area contributed by atoms with Crippen molar-refractivity contribution in [3.05, 3.63) is 24.3 Å². The maximum Gasteiger partial charge on any atom is 0.494 e. The Morgan fingerprint density at radius 2 is 1.45 bits per heavy atom. The highest BCUT2D eigenvalue weighted by Gasteiger charge is 2.51. The Kier molecular flexibility index (Phi) is 5.70. The van der Waals surface area contributed by atoms with Crippen molar-refractivity contribution in [2.75, 3.05) is 50.8 Å². The van der Waals surface area contributed by atoms with Crippen molar-refractivity contribution in [3.8, 4) is 0 Å². The summed E-state index contributed by atoms with van der Waals surface area (Å²) < 4.78 is 33.0. The summed E-state index contributed by atoms with van der Waals surface area (Å²) in [5, 5.41) is 0. The van der Waals surface area contributed by atoms with E-state index in [9.17, 15) is 0 Å². The maximum absolute atomic E-state index is 15.3. The van der Waals surface area contributed by atoms with Gasteiger partial charge in [-0.25, -0.2) is 4.39 Å². The molecule has 29 heavy (non-hydrogen) atoms. The van der Waals surface area contributed by atoms with E-state index < -0.39 is 5.67 Å². The number of ether oxygens (including phenoxy) is 1. The number of morpholine rings is 1. The SMILES string of the molecule is CC1(C)OB(c2ccc(N3CCC(F)(CN4CCOCC4)CC3)cc2)OC1(C)C. The highest BCUT2D eigenvalue weighted by molar-refractivity contribution is 6.62. The number of nitrogens with zero attached hydrogens (tertiary/aromatic N) is 2. The van der Waals surface area contributed by atoms with Gasteiger partial charge in [-0.3, -0.25) is 4.90 Å². The lowest BCUT2D eigenvalue weighted by atomic mass is 9.79. The van der Waals surface area contributed by atoms with E-state index >= 15 is 4.39 Å². The number of benzene rings is 1. The molecule has 3 saturated heterocycles. The fourth-order valence-electron chi connectivity index (χ4n) is 4.31. The summed E-state index contributed by atoms with van der Waals surface area (Å²) in [5.74, 6) is 0. The zero-order chi connectivity index (χ0) is 20.7. The van der Waals surface area contributed by atoms with Crippen molar-refractivity contribution in [2.24, 2.45) is 0 Å². The normalized spacial score (nSPS) is 26.7. The fraction of sp³-hybridized carbons (Fsp3) is 0.727. The van der Waals surface area contributed by atoms with Gasteiger partial charge in [-0.15, -0.1) is 0 Å². The van der Waals surface area contributed by atoms with E-state index in [4.69, 9.17) is 14.0 Å². The molecule has 3 aliphatic heterocycles. The Morgan fingerprint density at radius 1 is 0.897 bits per heavy atom. The predicted molar refractivity (Wildman–Crippen MR) is 115 cm³/mol. The minimum absolute atomic E-state index is 0.339. The Labute approximate surface area is 174 Å². The molecule has 0 N–H and O–H groups in total. The molecule has 1 aromatic carbocycles. The molecule has 0 bridgehead atoms. The number of piperidine rings is 1. The Morgan fingerprint density at radius 3 is 2.00 bits per heavy atom. The van der Waals surface area contributed by atoms with Crippen LogP contribution in [0.1, 0.15) is 40.5 Å². The topological polar surface area (TPSA) is 34.2 Å². The Hall–Kier alpha value is -1.15. The summed E-state index contributed by atoms with van der Waals surface area (Å²) in [6.45, 7) is 13.4. The molecule has 4 rings (SSSR count). The van der Waals surface area contributed by atoms with E-state index in [-0.39, 0.29) is 18.3 Å². The van der Waals surface area contributed by atoms with E-state index in [1.54, 1.807) is 0 Å². The maximum atomic E-state index is 15.3. The van der Waals surface area contributed by atoms with Gasteiger partial charge < -0.3 is 18.9 Å². The molecule has 3 aliphatic rings. The van der Waals surface area contributed by atoms with Gasteiger partial charge in [0.2, 0.25) is 0 Å². The van der Waals surface area contributed by atoms with Crippen LogP contribution < -0.4 is 10.4 Å². The van der Waals surface area contributed by atoms with Crippen molar-refractivity contribution in [1.29, 1.82) is 0 Å². The van der Waals surface area contributed by atoms with Crippen molar-refractivity contribution in [3.63, 3.8) is 0 Å². The second kappa shape index (κ2) is 7.84. The highest BCUT2D eigenvalue weighted by Crippen LogP contribution is 2.36. The predicted octanol–water partition coefficient (Wildman–Crippen LogP) is 2.63. The van der Waals surface area contributed by atoms with E-state index in [2.05, 4.69) is 61.8 Å². The van der Waals surface area contributed by atoms with Crippen LogP contribution in [-0.2, 0) is 14.0 Å². The van der Waals surface area contributed by atoms with Crippen molar-refractivity contribution in [1.82, 2.24) is 4.90 Å². The lowest BCUT2D eigenvalue weighted by Crippen LogP contribution is -2.50. The summed E-state index contributed by atoms with van der Waals surface area (Å²) in [4.78, 5) is 4.49. The molecule has 0 aliphatic carbocycles. The number of halogens is 1. The summed E-state index contributed by atoms with van der Waals surface area (Å²) in [6.07, 6.45) is 1.15. The van der Waals surface area contributed by atoms with Crippen LogP contribution in [0.15, 0.2) is 24.3 Å². The molecule has 0 radical (unpaired) electrons. The van der Waals surface area contributed by atoms with Crippen LogP contribution in [0.3, 0.4) is 0 Å². The molecule has 0 saturated carbocycles. The molecule has 0 spiro atoms. The second-order valence-corrected chi connectivity index (χ2v) is 9.71. The first-order valence-electron chi connectivity index (χ1n) is 10.9. The summed E-state index contributed by atoms with van der Waals surface area (Å²) in [6, 6.07) is 8.35. The molecule has 160 valence electrons. The monoisotopic (exact) mass is 404 g/mol. The fourth-order valence-corrected chi connectivity index (χ4v) is 4.31. The van der Waals surface area contributed by atoms with Crippen LogP contribution in [0, 0.1) is 0 Å². The minimum Gasteiger partial charge on any atom is -0.399 e. The van der Waals surface area contributed by atoms with Gasteiger partial charge >= 0.3 is 7.12 Å². The number of hydrogen-bond donors (Lipinski definition) is 0. The van der Waals surface area contributed by atoms with E-state index in [1.165, 1.54) is 0 Å². The average Bonchev–Trinajstić information content (AvgIpc) is 2.90. The first-order chi connectivity index (χ1) is 13.7. The zero-order valence-corrected chi connectivity index (χ0v) is 18.2. The third-order valence-corrected chi connectivity index (χ3v) is 7.05. The summed E-state index contributed by atoms with van der Waals surface area (Å²) >= 11 is 0. The third kappa shape index (κ3) is 4.48. The number of hydrogen-bond acceptors (Lipinski definition) is 5. The molecule has 1 aromatic rings. The van der Waals surface area contributed by atoms with Crippen molar-refractivity contribution in [2.45, 2.75) is 57.4 Å². The first-order valence-corrected chi connectivity index (χ1v) is 10.9. The molecule has 3 fully saturated rings. The van der Waals surface area contributed by atoms with Crippen LogP contribution in [0.4, 0.5) is 10.1 Å². The molecule has 0 atom stereocenters. The molecular weight excluding hydrogens is 370 g/mol. The quantitative estimate of drug-likeness (QED) is 0.721. The minimum atomic E-state index is -1.09. The lowest BCUT2D eigenvalue weighted by molar-refractivity contribution is -0.00188. The first kappa shape index (κ1) is 21.1. The van der Waals surface area contributed by atoms with Crippen LogP contribution in [0.5, 0.6) is 0 Å². The van der Waals surface area contributed by atoms with E-state index in [0.29, 0.717) is 19.4 Å². The van der Waals surface area contributed by atoms with Crippen molar-refractivity contribution < 1.29 is 18.4 Å². The largest absolute Gasteiger partial charge is 0.494 e. The van der Waals surface area contributed by atoms with Gasteiger partial charge in [-0.2, -0.15) is 0 Å². The standard InChI is InChI=1S/C22H34BFN2O3/c1-20(2)21(3,4)29-23(28-20)18-5-7-19(8-6-18)26-11-9-22(24,10-12-26)17-25-13-15-27-16-14-25/h5-8H,9-17H2,1-4H3. The van der Waals surface area contributed by atoms with Crippen LogP contribution in [0.2, 0.25) is 0 Å². The van der Waals surface area contributed by atoms with Gasteiger partial charge in [0.15, 0.2) is 0 Å². The van der Waals surface area contributed by atoms with Crippen LogP contribution in [-0.4, -0.2) is 74.8 Å². The van der Waals surface area contributed by atoms with Crippen LogP contribution in [0.25, 0.3) is 0 Å². The Balaban J connectivity index is 1.34. The summed E-state index contributed by atoms with van der Waals surface area (Å²) in [5.41, 5.74) is 0.397. The average molecular weight is 404 g/mol. The third-order valence-electron chi connectivity index (χ3n) is 7.05. The molecular formula is C22H34BFN2O3. The molecule has 5 nitrogen and oxygen atoms in total.